The Labute approximate surface area is 134 Å². The average Bonchev–Trinajstić information content (AvgIpc) is 2.94. The maximum absolute atomic E-state index is 12.6. The molecule has 5 heteroatoms. The molecule has 23 heavy (non-hydrogen) atoms. The number of nitrogens with one attached hydrogen (secondary N) is 1. The normalized spacial score (nSPS) is 19.9. The number of hydrogen-bond donors (Lipinski definition) is 1. The lowest BCUT2D eigenvalue weighted by Crippen LogP contribution is -2.26. The Morgan fingerprint density at radius 2 is 2.22 bits per heavy atom. The lowest BCUT2D eigenvalue weighted by Gasteiger charge is -2.31. The summed E-state index contributed by atoms with van der Waals surface area (Å²) < 4.78 is 10.8. The molecule has 4 rings (SSSR count). The van der Waals surface area contributed by atoms with Gasteiger partial charge in [0, 0.05) is 23.6 Å². The fourth-order valence-electron chi connectivity index (χ4n) is 3.57. The highest BCUT2D eigenvalue weighted by atomic mass is 16.5. The van der Waals surface area contributed by atoms with Gasteiger partial charge in [0.2, 0.25) is 5.88 Å². The maximum Gasteiger partial charge on any atom is 0.233 e. The first-order chi connectivity index (χ1) is 11.2. The Morgan fingerprint density at radius 3 is 3.04 bits per heavy atom. The molecule has 1 unspecified atom stereocenters. The first-order valence-corrected chi connectivity index (χ1v) is 7.82. The highest BCUT2D eigenvalue weighted by Gasteiger charge is 2.38. The second kappa shape index (κ2) is 5.26. The van der Waals surface area contributed by atoms with Crippen LogP contribution >= 0.6 is 0 Å². The van der Waals surface area contributed by atoms with E-state index in [0.717, 1.165) is 46.7 Å². The summed E-state index contributed by atoms with van der Waals surface area (Å²) in [6.07, 6.45) is 2.33. The molecule has 2 heterocycles. The number of allylic oxidation sites excluding steroid dienone is 2. The van der Waals surface area contributed by atoms with Crippen molar-refractivity contribution >= 4 is 11.7 Å². The van der Waals surface area contributed by atoms with E-state index in [1.165, 1.54) is 0 Å². The Balaban J connectivity index is 1.94. The molecule has 0 fully saturated rings. The number of methoxy groups -OCH3 is 1. The van der Waals surface area contributed by atoms with Crippen LogP contribution in [0.2, 0.25) is 0 Å². The number of carbonyl (C=O) groups excluding carboxylic acids is 1. The van der Waals surface area contributed by atoms with Crippen LogP contribution in [0.3, 0.4) is 0 Å². The number of ether oxygens (including phenoxy) is 1. The zero-order valence-corrected chi connectivity index (χ0v) is 13.2. The molecule has 0 radical (unpaired) electrons. The van der Waals surface area contributed by atoms with Gasteiger partial charge in [-0.15, -0.1) is 0 Å². The Morgan fingerprint density at radius 1 is 1.35 bits per heavy atom. The molecule has 1 aromatic carbocycles. The highest BCUT2D eigenvalue weighted by molar-refractivity contribution is 6.00. The van der Waals surface area contributed by atoms with E-state index < -0.39 is 0 Å². The summed E-state index contributed by atoms with van der Waals surface area (Å²) in [5.74, 6) is 1.50. The molecule has 1 N–H and O–H groups in total. The lowest BCUT2D eigenvalue weighted by molar-refractivity contribution is -0.116. The molecule has 0 amide bonds. The molecule has 2 aromatic rings. The van der Waals surface area contributed by atoms with Crippen LogP contribution in [-0.2, 0) is 4.79 Å². The molecule has 0 saturated carbocycles. The van der Waals surface area contributed by atoms with Crippen molar-refractivity contribution in [3.63, 3.8) is 0 Å². The molecule has 118 valence electrons. The van der Waals surface area contributed by atoms with Gasteiger partial charge in [0.1, 0.15) is 5.75 Å². The number of ketones is 1. The number of benzene rings is 1. The van der Waals surface area contributed by atoms with E-state index >= 15 is 0 Å². The van der Waals surface area contributed by atoms with Crippen LogP contribution in [0.1, 0.15) is 42.0 Å². The van der Waals surface area contributed by atoms with Crippen LogP contribution in [0.5, 0.6) is 5.75 Å². The van der Waals surface area contributed by atoms with Crippen LogP contribution in [0.25, 0.3) is 0 Å². The minimum Gasteiger partial charge on any atom is -0.497 e. The first kappa shape index (κ1) is 14.1. The molecule has 0 spiro atoms. The molecule has 0 bridgehead atoms. The van der Waals surface area contributed by atoms with Crippen molar-refractivity contribution < 1.29 is 14.1 Å². The van der Waals surface area contributed by atoms with E-state index in [1.807, 2.05) is 31.2 Å². The van der Waals surface area contributed by atoms with Gasteiger partial charge in [-0.3, -0.25) is 4.79 Å². The number of nitrogens with zero attached hydrogens (tertiary/aromatic N) is 1. The molecular formula is C18H18N2O3. The van der Waals surface area contributed by atoms with Gasteiger partial charge in [-0.05, 0) is 37.5 Å². The number of rotatable bonds is 2. The lowest BCUT2D eigenvalue weighted by atomic mass is 9.76. The third kappa shape index (κ3) is 2.15. The van der Waals surface area contributed by atoms with Crippen LogP contribution in [0.4, 0.5) is 5.88 Å². The smallest absolute Gasteiger partial charge is 0.233 e. The summed E-state index contributed by atoms with van der Waals surface area (Å²) in [4.78, 5) is 12.6. The second-order valence-electron chi connectivity index (χ2n) is 6.01. The van der Waals surface area contributed by atoms with E-state index in [0.29, 0.717) is 12.3 Å². The monoisotopic (exact) mass is 310 g/mol. The van der Waals surface area contributed by atoms with Gasteiger partial charge >= 0.3 is 0 Å². The Bertz CT molecular complexity index is 819. The number of aryl methyl sites for hydroxylation is 1. The summed E-state index contributed by atoms with van der Waals surface area (Å²) in [7, 11) is 1.65. The van der Waals surface area contributed by atoms with Crippen molar-refractivity contribution in [2.45, 2.75) is 32.1 Å². The molecule has 1 aliphatic carbocycles. The predicted molar refractivity (Wildman–Crippen MR) is 85.6 cm³/mol. The Hall–Kier alpha value is -2.56. The number of fused-ring (bicyclic) bond motifs is 1. The van der Waals surface area contributed by atoms with Crippen LogP contribution in [0.15, 0.2) is 40.1 Å². The zero-order chi connectivity index (χ0) is 16.0. The van der Waals surface area contributed by atoms with Crippen molar-refractivity contribution in [2.75, 3.05) is 12.4 Å². The number of Topliss-reactive ketones (excluding diaryl/α,β-unsaturated/α-hetero) is 1. The first-order valence-electron chi connectivity index (χ1n) is 7.82. The molecular weight excluding hydrogens is 292 g/mol. The molecule has 2 aliphatic rings. The van der Waals surface area contributed by atoms with Crippen LogP contribution in [-0.4, -0.2) is 18.0 Å². The molecule has 1 atom stereocenters. The fraction of sp³-hybridized carbons (Fsp3) is 0.333. The van der Waals surface area contributed by atoms with E-state index in [-0.39, 0.29) is 11.7 Å². The molecule has 5 nitrogen and oxygen atoms in total. The molecule has 1 aromatic heterocycles. The van der Waals surface area contributed by atoms with E-state index in [4.69, 9.17) is 9.26 Å². The standard InChI is InChI=1S/C18H18N2O3/c1-10-15-16(11-5-3-6-12(9-11)22-2)17-13(7-4-8-14(17)21)19-18(15)23-20-10/h3,5-6,9,16,19H,4,7-8H2,1-2H3. The summed E-state index contributed by atoms with van der Waals surface area (Å²) in [6, 6.07) is 7.87. The minimum absolute atomic E-state index is 0.143. The Kier molecular flexibility index (Phi) is 3.22. The van der Waals surface area contributed by atoms with Crippen LogP contribution in [0, 0.1) is 6.92 Å². The third-order valence-corrected chi connectivity index (χ3v) is 4.63. The van der Waals surface area contributed by atoms with Gasteiger partial charge in [-0.1, -0.05) is 17.3 Å². The summed E-state index contributed by atoms with van der Waals surface area (Å²) in [5.41, 5.74) is 4.61. The summed E-state index contributed by atoms with van der Waals surface area (Å²) in [5, 5.41) is 7.37. The average molecular weight is 310 g/mol. The van der Waals surface area contributed by atoms with Crippen molar-refractivity contribution in [1.29, 1.82) is 0 Å². The maximum atomic E-state index is 12.6. The fourth-order valence-corrected chi connectivity index (χ4v) is 3.57. The molecule has 1 aliphatic heterocycles. The number of anilines is 1. The van der Waals surface area contributed by atoms with Gasteiger partial charge < -0.3 is 14.6 Å². The van der Waals surface area contributed by atoms with Crippen molar-refractivity contribution in [2.24, 2.45) is 0 Å². The van der Waals surface area contributed by atoms with E-state index in [1.54, 1.807) is 7.11 Å². The third-order valence-electron chi connectivity index (χ3n) is 4.63. The summed E-state index contributed by atoms with van der Waals surface area (Å²) >= 11 is 0. The quantitative estimate of drug-likeness (QED) is 0.919. The van der Waals surface area contributed by atoms with Gasteiger partial charge in [0.05, 0.1) is 18.4 Å². The topological polar surface area (TPSA) is 64.4 Å². The molecule has 0 saturated heterocycles. The van der Waals surface area contributed by atoms with Crippen LogP contribution < -0.4 is 10.1 Å². The second-order valence-corrected chi connectivity index (χ2v) is 6.01. The predicted octanol–water partition coefficient (Wildman–Crippen LogP) is 3.56. The van der Waals surface area contributed by atoms with E-state index in [9.17, 15) is 4.79 Å². The van der Waals surface area contributed by atoms with Gasteiger partial charge in [0.15, 0.2) is 5.78 Å². The van der Waals surface area contributed by atoms with Gasteiger partial charge in [-0.2, -0.15) is 0 Å². The largest absolute Gasteiger partial charge is 0.497 e. The SMILES string of the molecule is COc1cccc(C2C3=C(CCCC3=O)Nc3onc(C)c32)c1. The van der Waals surface area contributed by atoms with Gasteiger partial charge in [0.25, 0.3) is 0 Å². The van der Waals surface area contributed by atoms with Crippen molar-refractivity contribution in [3.05, 3.63) is 52.4 Å². The van der Waals surface area contributed by atoms with Crippen molar-refractivity contribution in [3.8, 4) is 5.75 Å². The minimum atomic E-state index is -0.143. The number of hydrogen-bond acceptors (Lipinski definition) is 5. The highest BCUT2D eigenvalue weighted by Crippen LogP contribution is 2.46. The zero-order valence-electron chi connectivity index (χ0n) is 13.2. The van der Waals surface area contributed by atoms with Crippen molar-refractivity contribution in [1.82, 2.24) is 5.16 Å². The number of aromatic nitrogens is 1. The summed E-state index contributed by atoms with van der Waals surface area (Å²) in [6.45, 7) is 1.91. The van der Waals surface area contributed by atoms with E-state index in [2.05, 4.69) is 10.5 Å². The van der Waals surface area contributed by atoms with Gasteiger partial charge in [-0.25, -0.2) is 0 Å². The number of carbonyl (C=O) groups is 1.